The molecule has 9 nitrogen and oxygen atoms in total. The summed E-state index contributed by atoms with van der Waals surface area (Å²) in [6.07, 6.45) is 0. The molecule has 0 heterocycles. The highest BCUT2D eigenvalue weighted by atomic mass is 16.3. The number of fused-ring (bicyclic) bond motifs is 4. The van der Waals surface area contributed by atoms with Gasteiger partial charge in [0.1, 0.15) is 51.7 Å². The zero-order valence-corrected chi connectivity index (χ0v) is 26.8. The summed E-state index contributed by atoms with van der Waals surface area (Å²) in [5.74, 6) is -5.11. The number of aromatic hydroxyl groups is 9. The average Bonchev–Trinajstić information content (AvgIpc) is 3.29. The molecular weight excluding hydrogens is 648 g/mol. The number of rotatable bonds is 3. The van der Waals surface area contributed by atoms with Crippen LogP contribution in [-0.2, 0) is 0 Å². The Balaban J connectivity index is 1.48. The zero-order valence-electron chi connectivity index (χ0n) is 26.8. The lowest BCUT2D eigenvalue weighted by molar-refractivity contribution is 0.427. The molecule has 0 unspecified atom stereocenters. The quantitative estimate of drug-likeness (QED) is 0.0916. The molecule has 3 aliphatic carbocycles. The van der Waals surface area contributed by atoms with Crippen LogP contribution < -0.4 is 0 Å². The van der Waals surface area contributed by atoms with E-state index < -0.39 is 35.5 Å². The van der Waals surface area contributed by atoms with Crippen molar-refractivity contribution >= 4 is 0 Å². The molecule has 9 heteroatoms. The fraction of sp³-hybridized carbons (Fsp3) is 0.143. The molecule has 0 radical (unpaired) electrons. The van der Waals surface area contributed by atoms with Gasteiger partial charge in [-0.25, -0.2) is 0 Å². The fourth-order valence-electron chi connectivity index (χ4n) is 9.55. The van der Waals surface area contributed by atoms with Crippen LogP contribution in [-0.4, -0.2) is 46.0 Å². The first kappa shape index (κ1) is 30.6. The molecular formula is C42H32O9. The van der Waals surface area contributed by atoms with Crippen molar-refractivity contribution < 1.29 is 46.0 Å². The Labute approximate surface area is 291 Å². The van der Waals surface area contributed by atoms with Crippen LogP contribution in [0.15, 0.2) is 103 Å². The van der Waals surface area contributed by atoms with Gasteiger partial charge >= 0.3 is 0 Å². The second-order valence-electron chi connectivity index (χ2n) is 13.9. The molecule has 6 atom stereocenters. The topological polar surface area (TPSA) is 182 Å². The predicted molar refractivity (Wildman–Crippen MR) is 186 cm³/mol. The predicted octanol–water partition coefficient (Wildman–Crippen LogP) is 7.47. The van der Waals surface area contributed by atoms with Gasteiger partial charge in [-0.2, -0.15) is 0 Å². The summed E-state index contributed by atoms with van der Waals surface area (Å²) < 4.78 is 0. The van der Waals surface area contributed by atoms with Crippen molar-refractivity contribution in [3.05, 3.63) is 159 Å². The molecule has 9 N–H and O–H groups in total. The van der Waals surface area contributed by atoms with E-state index in [0.717, 1.165) is 16.7 Å². The highest BCUT2D eigenvalue weighted by Crippen LogP contribution is 2.71. The van der Waals surface area contributed by atoms with Gasteiger partial charge in [-0.1, -0.05) is 30.3 Å². The van der Waals surface area contributed by atoms with Gasteiger partial charge in [-0.3, -0.25) is 0 Å². The molecule has 9 rings (SSSR count). The second kappa shape index (κ2) is 10.8. The molecule has 254 valence electrons. The molecule has 0 aliphatic heterocycles. The lowest BCUT2D eigenvalue weighted by atomic mass is 9.66. The van der Waals surface area contributed by atoms with E-state index in [1.807, 2.05) is 6.07 Å². The van der Waals surface area contributed by atoms with Crippen LogP contribution in [0.2, 0.25) is 0 Å². The summed E-state index contributed by atoms with van der Waals surface area (Å²) in [5, 5.41) is 100.0. The second-order valence-corrected chi connectivity index (χ2v) is 13.9. The van der Waals surface area contributed by atoms with E-state index >= 15 is 0 Å². The lowest BCUT2D eigenvalue weighted by Crippen LogP contribution is -2.22. The third kappa shape index (κ3) is 4.40. The van der Waals surface area contributed by atoms with Crippen LogP contribution in [0.4, 0.5) is 0 Å². The van der Waals surface area contributed by atoms with Crippen LogP contribution in [0, 0.1) is 0 Å². The minimum atomic E-state index is -0.802. The van der Waals surface area contributed by atoms with E-state index in [1.54, 1.807) is 66.7 Å². The molecule has 6 aromatic carbocycles. The highest BCUT2D eigenvalue weighted by molar-refractivity contribution is 5.74. The Morgan fingerprint density at radius 2 is 0.804 bits per heavy atom. The number of phenolic OH excluding ortho intramolecular Hbond substituents is 9. The molecule has 6 aromatic rings. The largest absolute Gasteiger partial charge is 0.508 e. The fourth-order valence-corrected chi connectivity index (χ4v) is 9.55. The number of hydrogen-bond donors (Lipinski definition) is 9. The zero-order chi connectivity index (χ0) is 35.5. The summed E-state index contributed by atoms with van der Waals surface area (Å²) in [6.45, 7) is 0. The molecule has 0 saturated heterocycles. The smallest absolute Gasteiger partial charge is 0.123 e. The van der Waals surface area contributed by atoms with Crippen LogP contribution >= 0.6 is 0 Å². The molecule has 51 heavy (non-hydrogen) atoms. The van der Waals surface area contributed by atoms with Crippen LogP contribution in [0.25, 0.3) is 0 Å². The molecule has 0 spiro atoms. The van der Waals surface area contributed by atoms with Gasteiger partial charge in [0.05, 0.1) is 0 Å². The van der Waals surface area contributed by atoms with Gasteiger partial charge in [-0.15, -0.1) is 0 Å². The first-order valence-electron chi connectivity index (χ1n) is 16.6. The van der Waals surface area contributed by atoms with Crippen LogP contribution in [0.1, 0.15) is 91.1 Å². The third-order valence-electron chi connectivity index (χ3n) is 11.2. The number of phenols is 9. The molecule has 0 amide bonds. The molecule has 2 bridgehead atoms. The Morgan fingerprint density at radius 3 is 1.45 bits per heavy atom. The standard InChI is InChI=1S/C42H32O9/c43-21-5-1-18(2-6-21)33-28-14-23(45)9-10-27(28)37-36-29(15-26(48)16-30(36)49)38(33)40-32(51)17-31(50)39-35(20-11-24(46)13-25(47)12-20)34(41(37)42(39)40)19-3-7-22(44)8-4-19/h1-17,33-35,37-38,41,43-51H/t33-,34+,35+,37+,38+,41-/m1/s1. The molecule has 0 aromatic heterocycles. The van der Waals surface area contributed by atoms with E-state index in [1.165, 1.54) is 30.3 Å². The van der Waals surface area contributed by atoms with Crippen molar-refractivity contribution in [1.29, 1.82) is 0 Å². The number of benzene rings is 6. The highest BCUT2D eigenvalue weighted by Gasteiger charge is 2.56. The lowest BCUT2D eigenvalue weighted by Gasteiger charge is -2.36. The van der Waals surface area contributed by atoms with Crippen molar-refractivity contribution in [3.8, 4) is 51.7 Å². The van der Waals surface area contributed by atoms with Gasteiger partial charge in [-0.05, 0) is 93.5 Å². The minimum absolute atomic E-state index is 0.000846. The van der Waals surface area contributed by atoms with E-state index in [9.17, 15) is 46.0 Å². The van der Waals surface area contributed by atoms with Crippen LogP contribution in [0.5, 0.6) is 51.7 Å². The van der Waals surface area contributed by atoms with E-state index in [2.05, 4.69) is 0 Å². The van der Waals surface area contributed by atoms with Crippen molar-refractivity contribution in [2.45, 2.75) is 35.5 Å². The first-order valence-corrected chi connectivity index (χ1v) is 16.6. The Hall–Kier alpha value is -6.48. The maximum Gasteiger partial charge on any atom is 0.123 e. The maximum atomic E-state index is 12.1. The van der Waals surface area contributed by atoms with E-state index in [4.69, 9.17) is 0 Å². The average molecular weight is 681 g/mol. The summed E-state index contributed by atoms with van der Waals surface area (Å²) in [5.41, 5.74) is 5.99. The summed E-state index contributed by atoms with van der Waals surface area (Å²) in [7, 11) is 0. The van der Waals surface area contributed by atoms with Crippen molar-refractivity contribution in [1.82, 2.24) is 0 Å². The first-order chi connectivity index (χ1) is 24.5. The van der Waals surface area contributed by atoms with Gasteiger partial charge in [0, 0.05) is 70.4 Å². The van der Waals surface area contributed by atoms with Gasteiger partial charge < -0.3 is 46.0 Å². The SMILES string of the molecule is Oc1ccc([C@@H]2c3cc(O)ccc3[C@H]3c4c(O)cc(O)cc4[C@@H]2c2c(O)cc(O)c4c2[C@@H]3[C@@H](c2ccc(O)cc2)[C@@H]4c2cc(O)cc(O)c2)cc1. The normalized spacial score (nSPS) is 22.4. The van der Waals surface area contributed by atoms with Gasteiger partial charge in [0.15, 0.2) is 0 Å². The van der Waals surface area contributed by atoms with E-state index in [-0.39, 0.29) is 51.7 Å². The monoisotopic (exact) mass is 680 g/mol. The Bertz CT molecular complexity index is 2380. The Morgan fingerprint density at radius 1 is 0.275 bits per heavy atom. The van der Waals surface area contributed by atoms with E-state index in [0.29, 0.717) is 38.9 Å². The molecule has 0 saturated carbocycles. The van der Waals surface area contributed by atoms with Crippen molar-refractivity contribution in [3.63, 3.8) is 0 Å². The third-order valence-corrected chi connectivity index (χ3v) is 11.2. The van der Waals surface area contributed by atoms with Crippen molar-refractivity contribution in [2.24, 2.45) is 0 Å². The summed E-state index contributed by atoms with van der Waals surface area (Å²) >= 11 is 0. The molecule has 3 aliphatic rings. The van der Waals surface area contributed by atoms with Crippen LogP contribution in [0.3, 0.4) is 0 Å². The van der Waals surface area contributed by atoms with Gasteiger partial charge in [0.2, 0.25) is 0 Å². The molecule has 0 fully saturated rings. The number of hydrogen-bond acceptors (Lipinski definition) is 9. The summed E-state index contributed by atoms with van der Waals surface area (Å²) in [4.78, 5) is 0. The minimum Gasteiger partial charge on any atom is -0.508 e. The van der Waals surface area contributed by atoms with Crippen molar-refractivity contribution in [2.75, 3.05) is 0 Å². The maximum absolute atomic E-state index is 12.1. The van der Waals surface area contributed by atoms with Gasteiger partial charge in [0.25, 0.3) is 0 Å². The Kier molecular flexibility index (Phi) is 6.45. The summed E-state index contributed by atoms with van der Waals surface area (Å²) in [6, 6.07) is 26.8.